The van der Waals surface area contributed by atoms with E-state index in [1.54, 1.807) is 12.1 Å². The molecular formula is C16H16F2O. The molecule has 100 valence electrons. The smallest absolute Gasteiger partial charge is 0.164 e. The summed E-state index contributed by atoms with van der Waals surface area (Å²) in [5.41, 5.74) is 1.69. The molecule has 0 amide bonds. The van der Waals surface area contributed by atoms with Crippen LogP contribution in [0.15, 0.2) is 42.5 Å². The van der Waals surface area contributed by atoms with Crippen molar-refractivity contribution in [1.29, 1.82) is 0 Å². The first-order chi connectivity index (χ1) is 9.13. The maximum atomic E-state index is 13.6. The van der Waals surface area contributed by atoms with Crippen LogP contribution in [0.3, 0.4) is 0 Å². The van der Waals surface area contributed by atoms with Gasteiger partial charge < -0.3 is 5.11 Å². The van der Waals surface area contributed by atoms with Crippen molar-refractivity contribution in [3.8, 4) is 0 Å². The average molecular weight is 262 g/mol. The summed E-state index contributed by atoms with van der Waals surface area (Å²) in [6.45, 7) is 2.09. The van der Waals surface area contributed by atoms with Crippen molar-refractivity contribution >= 4 is 0 Å². The van der Waals surface area contributed by atoms with Gasteiger partial charge in [-0.05, 0) is 23.6 Å². The fourth-order valence-electron chi connectivity index (χ4n) is 2.07. The van der Waals surface area contributed by atoms with E-state index in [0.717, 1.165) is 24.5 Å². The molecule has 2 aromatic carbocycles. The Morgan fingerprint density at radius 3 is 2.37 bits per heavy atom. The largest absolute Gasteiger partial charge is 0.384 e. The second-order valence-corrected chi connectivity index (χ2v) is 4.54. The van der Waals surface area contributed by atoms with E-state index in [1.165, 1.54) is 12.1 Å². The minimum absolute atomic E-state index is 0.0387. The Morgan fingerprint density at radius 2 is 1.74 bits per heavy atom. The van der Waals surface area contributed by atoms with Crippen LogP contribution < -0.4 is 0 Å². The van der Waals surface area contributed by atoms with Crippen molar-refractivity contribution in [3.63, 3.8) is 0 Å². The lowest BCUT2D eigenvalue weighted by Gasteiger charge is -2.13. The molecule has 0 bridgehead atoms. The summed E-state index contributed by atoms with van der Waals surface area (Å²) >= 11 is 0. The molecule has 3 heteroatoms. The summed E-state index contributed by atoms with van der Waals surface area (Å²) in [6.07, 6.45) is 0.858. The van der Waals surface area contributed by atoms with Crippen molar-refractivity contribution in [2.24, 2.45) is 0 Å². The second kappa shape index (κ2) is 5.93. The molecule has 1 N–H and O–H groups in total. The fourth-order valence-corrected chi connectivity index (χ4v) is 2.07. The van der Waals surface area contributed by atoms with E-state index in [1.807, 2.05) is 12.1 Å². The van der Waals surface area contributed by atoms with Gasteiger partial charge in [0.25, 0.3) is 0 Å². The van der Waals surface area contributed by atoms with Gasteiger partial charge >= 0.3 is 0 Å². The van der Waals surface area contributed by atoms with Gasteiger partial charge in [0.1, 0.15) is 6.10 Å². The number of aryl methyl sites for hydroxylation is 1. The number of halogens is 2. The Labute approximate surface area is 111 Å². The lowest BCUT2D eigenvalue weighted by Crippen LogP contribution is -2.04. The van der Waals surface area contributed by atoms with E-state index in [2.05, 4.69) is 6.92 Å². The Hall–Kier alpha value is -1.74. The number of hydrogen-bond acceptors (Lipinski definition) is 1. The van der Waals surface area contributed by atoms with Gasteiger partial charge in [-0.25, -0.2) is 8.78 Å². The number of aliphatic hydroxyl groups is 1. The van der Waals surface area contributed by atoms with Crippen LogP contribution in [0, 0.1) is 11.6 Å². The molecule has 0 aliphatic heterocycles. The Kier molecular flexibility index (Phi) is 4.27. The predicted molar refractivity (Wildman–Crippen MR) is 70.9 cm³/mol. The van der Waals surface area contributed by atoms with Crippen LogP contribution in [0.25, 0.3) is 0 Å². The molecule has 0 saturated carbocycles. The van der Waals surface area contributed by atoms with Crippen LogP contribution in [-0.4, -0.2) is 5.11 Å². The van der Waals surface area contributed by atoms with Crippen LogP contribution in [0.4, 0.5) is 8.78 Å². The third-order valence-corrected chi connectivity index (χ3v) is 3.11. The minimum Gasteiger partial charge on any atom is -0.384 e. The van der Waals surface area contributed by atoms with Gasteiger partial charge in [-0.15, -0.1) is 0 Å². The molecule has 0 fully saturated rings. The lowest BCUT2D eigenvalue weighted by molar-refractivity contribution is 0.213. The highest BCUT2D eigenvalue weighted by Crippen LogP contribution is 2.25. The van der Waals surface area contributed by atoms with Gasteiger partial charge in [0.15, 0.2) is 11.6 Å². The van der Waals surface area contributed by atoms with Crippen molar-refractivity contribution in [2.75, 3.05) is 0 Å². The van der Waals surface area contributed by atoms with E-state index in [-0.39, 0.29) is 5.56 Å². The second-order valence-electron chi connectivity index (χ2n) is 4.54. The van der Waals surface area contributed by atoms with Crippen molar-refractivity contribution < 1.29 is 13.9 Å². The van der Waals surface area contributed by atoms with Gasteiger partial charge in [-0.1, -0.05) is 49.7 Å². The SMILES string of the molecule is CCCc1ccc(C(O)c2cccc(F)c2F)cc1. The van der Waals surface area contributed by atoms with Gasteiger partial charge in [0.2, 0.25) is 0 Å². The maximum Gasteiger partial charge on any atom is 0.164 e. The van der Waals surface area contributed by atoms with E-state index < -0.39 is 17.7 Å². The molecule has 0 aliphatic rings. The first-order valence-corrected chi connectivity index (χ1v) is 6.34. The highest BCUT2D eigenvalue weighted by Gasteiger charge is 2.17. The predicted octanol–water partition coefficient (Wildman–Crippen LogP) is 4.00. The summed E-state index contributed by atoms with van der Waals surface area (Å²) in [5.74, 6) is -1.94. The summed E-state index contributed by atoms with van der Waals surface area (Å²) < 4.78 is 26.7. The highest BCUT2D eigenvalue weighted by molar-refractivity contribution is 5.33. The zero-order chi connectivity index (χ0) is 13.8. The lowest BCUT2D eigenvalue weighted by atomic mass is 9.99. The highest BCUT2D eigenvalue weighted by atomic mass is 19.2. The summed E-state index contributed by atoms with van der Waals surface area (Å²) in [4.78, 5) is 0. The molecule has 1 atom stereocenters. The van der Waals surface area contributed by atoms with Crippen molar-refractivity contribution in [2.45, 2.75) is 25.9 Å². The van der Waals surface area contributed by atoms with Crippen LogP contribution in [0.1, 0.15) is 36.1 Å². The topological polar surface area (TPSA) is 20.2 Å². The Morgan fingerprint density at radius 1 is 1.05 bits per heavy atom. The van der Waals surface area contributed by atoms with Crippen LogP contribution >= 0.6 is 0 Å². The maximum absolute atomic E-state index is 13.6. The number of aliphatic hydroxyl groups excluding tert-OH is 1. The molecule has 19 heavy (non-hydrogen) atoms. The fraction of sp³-hybridized carbons (Fsp3) is 0.250. The molecule has 0 spiro atoms. The van der Waals surface area contributed by atoms with Gasteiger partial charge in [-0.3, -0.25) is 0 Å². The number of rotatable bonds is 4. The van der Waals surface area contributed by atoms with E-state index in [0.29, 0.717) is 5.56 Å². The Balaban J connectivity index is 2.28. The molecule has 0 heterocycles. The van der Waals surface area contributed by atoms with Gasteiger partial charge in [0.05, 0.1) is 0 Å². The molecule has 2 aromatic rings. The monoisotopic (exact) mass is 262 g/mol. The molecule has 0 aromatic heterocycles. The Bertz CT molecular complexity index is 549. The number of benzene rings is 2. The molecule has 1 nitrogen and oxygen atoms in total. The van der Waals surface area contributed by atoms with Gasteiger partial charge in [0, 0.05) is 5.56 Å². The van der Waals surface area contributed by atoms with Crippen molar-refractivity contribution in [1.82, 2.24) is 0 Å². The zero-order valence-corrected chi connectivity index (χ0v) is 10.7. The summed E-state index contributed by atoms with van der Waals surface area (Å²) in [6, 6.07) is 11.1. The first-order valence-electron chi connectivity index (χ1n) is 6.34. The summed E-state index contributed by atoms with van der Waals surface area (Å²) in [7, 11) is 0. The van der Waals surface area contributed by atoms with E-state index >= 15 is 0 Å². The van der Waals surface area contributed by atoms with Gasteiger partial charge in [-0.2, -0.15) is 0 Å². The van der Waals surface area contributed by atoms with E-state index in [4.69, 9.17) is 0 Å². The molecule has 1 unspecified atom stereocenters. The van der Waals surface area contributed by atoms with Crippen LogP contribution in [-0.2, 0) is 6.42 Å². The third-order valence-electron chi connectivity index (χ3n) is 3.11. The van der Waals surface area contributed by atoms with Crippen LogP contribution in [0.5, 0.6) is 0 Å². The first kappa shape index (κ1) is 13.7. The number of hydrogen-bond donors (Lipinski definition) is 1. The third kappa shape index (κ3) is 2.99. The summed E-state index contributed by atoms with van der Waals surface area (Å²) in [5, 5.41) is 10.1. The molecule has 2 rings (SSSR count). The van der Waals surface area contributed by atoms with E-state index in [9.17, 15) is 13.9 Å². The van der Waals surface area contributed by atoms with Crippen LogP contribution in [0.2, 0.25) is 0 Å². The van der Waals surface area contributed by atoms with Crippen molar-refractivity contribution in [3.05, 3.63) is 70.8 Å². The molecule has 0 radical (unpaired) electrons. The molecule has 0 aliphatic carbocycles. The molecule has 0 saturated heterocycles. The zero-order valence-electron chi connectivity index (χ0n) is 10.7. The average Bonchev–Trinajstić information content (AvgIpc) is 2.42. The normalized spacial score (nSPS) is 12.4. The molecular weight excluding hydrogens is 246 g/mol. The minimum atomic E-state index is -1.15. The standard InChI is InChI=1S/C16H16F2O/c1-2-4-11-7-9-12(10-8-11)16(19)13-5-3-6-14(17)15(13)18/h3,5-10,16,19H,2,4H2,1H3. The quantitative estimate of drug-likeness (QED) is 0.883.